The highest BCUT2D eigenvalue weighted by atomic mass is 16.2. The summed E-state index contributed by atoms with van der Waals surface area (Å²) in [5.74, 6) is 0.115. The highest BCUT2D eigenvalue weighted by Crippen LogP contribution is 2.20. The number of urea groups is 1. The van der Waals surface area contributed by atoms with Gasteiger partial charge in [-0.2, -0.15) is 0 Å². The van der Waals surface area contributed by atoms with Gasteiger partial charge in [0, 0.05) is 33.1 Å². The third-order valence-corrected chi connectivity index (χ3v) is 3.18. The van der Waals surface area contributed by atoms with Crippen LogP contribution in [-0.4, -0.2) is 48.4 Å². The summed E-state index contributed by atoms with van der Waals surface area (Å²) >= 11 is 0. The second kappa shape index (κ2) is 5.72. The molecule has 1 rings (SSSR count). The maximum atomic E-state index is 11.8. The lowest BCUT2D eigenvalue weighted by Crippen LogP contribution is -2.45. The van der Waals surface area contributed by atoms with Crippen LogP contribution in [0.15, 0.2) is 0 Å². The van der Waals surface area contributed by atoms with Crippen LogP contribution < -0.4 is 5.73 Å². The van der Waals surface area contributed by atoms with Crippen LogP contribution in [0.2, 0.25) is 0 Å². The number of nitrogens with zero attached hydrogens (tertiary/aromatic N) is 2. The van der Waals surface area contributed by atoms with Crippen molar-refractivity contribution in [2.24, 2.45) is 11.7 Å². The Morgan fingerprint density at radius 1 is 1.38 bits per heavy atom. The van der Waals surface area contributed by atoms with E-state index in [1.165, 1.54) is 0 Å². The molecule has 0 bridgehead atoms. The molecule has 1 aliphatic rings. The number of hydrogen-bond donors (Lipinski definition) is 1. The van der Waals surface area contributed by atoms with E-state index in [4.69, 9.17) is 5.73 Å². The van der Waals surface area contributed by atoms with E-state index in [9.17, 15) is 9.59 Å². The van der Waals surface area contributed by atoms with Gasteiger partial charge in [0.05, 0.1) is 0 Å². The summed E-state index contributed by atoms with van der Waals surface area (Å²) in [6.07, 6.45) is 2.21. The first-order valence-corrected chi connectivity index (χ1v) is 5.83. The topological polar surface area (TPSA) is 66.6 Å². The third-order valence-electron chi connectivity index (χ3n) is 3.18. The van der Waals surface area contributed by atoms with Crippen molar-refractivity contribution in [1.82, 2.24) is 9.80 Å². The number of carbonyl (C=O) groups is 2. The zero-order chi connectivity index (χ0) is 12.1. The van der Waals surface area contributed by atoms with Crippen LogP contribution in [0.3, 0.4) is 0 Å². The lowest BCUT2D eigenvalue weighted by molar-refractivity contribution is -0.119. The average molecular weight is 227 g/mol. The van der Waals surface area contributed by atoms with E-state index >= 15 is 0 Å². The molecule has 0 aromatic rings. The van der Waals surface area contributed by atoms with Crippen LogP contribution in [0.1, 0.15) is 26.2 Å². The van der Waals surface area contributed by atoms with E-state index in [0.29, 0.717) is 12.3 Å². The van der Waals surface area contributed by atoms with Gasteiger partial charge >= 0.3 is 6.03 Å². The first kappa shape index (κ1) is 12.8. The van der Waals surface area contributed by atoms with Crippen LogP contribution in [0.5, 0.6) is 0 Å². The Morgan fingerprint density at radius 2 is 1.94 bits per heavy atom. The molecule has 5 nitrogen and oxygen atoms in total. The minimum Gasteiger partial charge on any atom is -0.370 e. The van der Waals surface area contributed by atoms with Crippen molar-refractivity contribution in [2.45, 2.75) is 26.2 Å². The van der Waals surface area contributed by atoms with E-state index < -0.39 is 0 Å². The lowest BCUT2D eigenvalue weighted by Gasteiger charge is -2.34. The summed E-state index contributed by atoms with van der Waals surface area (Å²) < 4.78 is 0. The quantitative estimate of drug-likeness (QED) is 0.769. The van der Waals surface area contributed by atoms with Gasteiger partial charge in [0.1, 0.15) is 0 Å². The Bertz CT molecular complexity index is 260. The Morgan fingerprint density at radius 3 is 2.38 bits per heavy atom. The molecule has 92 valence electrons. The van der Waals surface area contributed by atoms with Gasteiger partial charge in [0.15, 0.2) is 0 Å². The van der Waals surface area contributed by atoms with E-state index in [0.717, 1.165) is 32.5 Å². The average Bonchev–Trinajstić information content (AvgIpc) is 2.27. The number of amides is 3. The highest BCUT2D eigenvalue weighted by molar-refractivity contribution is 5.75. The number of rotatable bonds is 3. The molecule has 0 unspecified atom stereocenters. The smallest absolute Gasteiger partial charge is 0.319 e. The van der Waals surface area contributed by atoms with E-state index in [2.05, 4.69) is 0 Å². The van der Waals surface area contributed by atoms with Crippen molar-refractivity contribution in [3.63, 3.8) is 0 Å². The van der Waals surface area contributed by atoms with Crippen LogP contribution in [0.25, 0.3) is 0 Å². The summed E-state index contributed by atoms with van der Waals surface area (Å²) in [6.45, 7) is 4.15. The Hall–Kier alpha value is -1.26. The first-order chi connectivity index (χ1) is 7.54. The molecule has 3 amide bonds. The molecule has 1 heterocycles. The minimum absolute atomic E-state index is 0.0834. The van der Waals surface area contributed by atoms with Gasteiger partial charge in [-0.15, -0.1) is 0 Å². The fraction of sp³-hybridized carbons (Fsp3) is 0.818. The third kappa shape index (κ3) is 3.40. The molecule has 5 heteroatoms. The fourth-order valence-corrected chi connectivity index (χ4v) is 1.99. The number of likely N-dealkylation sites (tertiary alicyclic amines) is 1. The van der Waals surface area contributed by atoms with Gasteiger partial charge in [-0.3, -0.25) is 4.79 Å². The molecular weight excluding hydrogens is 206 g/mol. The SMILES string of the molecule is CCN(C)C(=O)N1CCC(CC(N)=O)CC1. The van der Waals surface area contributed by atoms with Crippen molar-refractivity contribution in [1.29, 1.82) is 0 Å². The molecule has 1 aliphatic heterocycles. The number of primary amides is 1. The summed E-state index contributed by atoms with van der Waals surface area (Å²) in [6, 6.07) is 0.0834. The molecule has 0 spiro atoms. The van der Waals surface area contributed by atoms with Crippen molar-refractivity contribution in [3.8, 4) is 0 Å². The van der Waals surface area contributed by atoms with Crippen molar-refractivity contribution >= 4 is 11.9 Å². The molecule has 16 heavy (non-hydrogen) atoms. The van der Waals surface area contributed by atoms with Crippen LogP contribution >= 0.6 is 0 Å². The van der Waals surface area contributed by atoms with Crippen molar-refractivity contribution in [2.75, 3.05) is 26.7 Å². The molecule has 1 saturated heterocycles. The zero-order valence-electron chi connectivity index (χ0n) is 10.1. The predicted octanol–water partition coefficient (Wildman–Crippen LogP) is 0.646. The summed E-state index contributed by atoms with van der Waals surface area (Å²) in [4.78, 5) is 26.1. The Labute approximate surface area is 96.6 Å². The van der Waals surface area contributed by atoms with E-state index in [1.807, 2.05) is 11.8 Å². The molecule has 0 atom stereocenters. The Kier molecular flexibility index (Phi) is 4.58. The minimum atomic E-state index is -0.240. The van der Waals surface area contributed by atoms with Gasteiger partial charge in [-0.25, -0.2) is 4.79 Å². The normalized spacial score (nSPS) is 17.2. The molecule has 0 radical (unpaired) electrons. The fourth-order valence-electron chi connectivity index (χ4n) is 1.99. The number of nitrogens with two attached hydrogens (primary N) is 1. The Balaban J connectivity index is 2.37. The molecule has 0 aromatic heterocycles. The molecule has 0 aliphatic carbocycles. The van der Waals surface area contributed by atoms with E-state index in [-0.39, 0.29) is 11.9 Å². The monoisotopic (exact) mass is 227 g/mol. The van der Waals surface area contributed by atoms with Crippen molar-refractivity contribution in [3.05, 3.63) is 0 Å². The maximum absolute atomic E-state index is 11.8. The second-order valence-corrected chi connectivity index (χ2v) is 4.40. The van der Waals surface area contributed by atoms with E-state index in [1.54, 1.807) is 11.9 Å². The van der Waals surface area contributed by atoms with Gasteiger partial charge in [-0.1, -0.05) is 0 Å². The van der Waals surface area contributed by atoms with Gasteiger partial charge in [-0.05, 0) is 25.7 Å². The number of piperidine rings is 1. The number of carbonyl (C=O) groups excluding carboxylic acids is 2. The molecular formula is C11H21N3O2. The van der Waals surface area contributed by atoms with Gasteiger partial charge in [0.2, 0.25) is 5.91 Å². The van der Waals surface area contributed by atoms with Crippen LogP contribution in [0, 0.1) is 5.92 Å². The molecule has 0 saturated carbocycles. The van der Waals surface area contributed by atoms with Crippen LogP contribution in [-0.2, 0) is 4.79 Å². The standard InChI is InChI=1S/C11H21N3O2/c1-3-13(2)11(16)14-6-4-9(5-7-14)8-10(12)15/h9H,3-8H2,1-2H3,(H2,12,15). The van der Waals surface area contributed by atoms with Crippen molar-refractivity contribution < 1.29 is 9.59 Å². The summed E-state index contributed by atoms with van der Waals surface area (Å²) in [7, 11) is 1.80. The van der Waals surface area contributed by atoms with Gasteiger partial charge < -0.3 is 15.5 Å². The summed E-state index contributed by atoms with van der Waals surface area (Å²) in [5, 5.41) is 0. The molecule has 0 aromatic carbocycles. The maximum Gasteiger partial charge on any atom is 0.319 e. The largest absolute Gasteiger partial charge is 0.370 e. The molecule has 1 fully saturated rings. The predicted molar refractivity (Wildman–Crippen MR) is 61.8 cm³/mol. The molecule has 2 N–H and O–H groups in total. The second-order valence-electron chi connectivity index (χ2n) is 4.40. The van der Waals surface area contributed by atoms with Gasteiger partial charge in [0.25, 0.3) is 0 Å². The zero-order valence-corrected chi connectivity index (χ0v) is 10.1. The summed E-state index contributed by atoms with van der Waals surface area (Å²) in [5.41, 5.74) is 5.16. The number of hydrogen-bond acceptors (Lipinski definition) is 2. The lowest BCUT2D eigenvalue weighted by atomic mass is 9.93. The van der Waals surface area contributed by atoms with Crippen LogP contribution in [0.4, 0.5) is 4.79 Å². The first-order valence-electron chi connectivity index (χ1n) is 5.83. The highest BCUT2D eigenvalue weighted by Gasteiger charge is 2.24.